The fourth-order valence-corrected chi connectivity index (χ4v) is 0. The van der Waals surface area contributed by atoms with E-state index in [4.69, 9.17) is 10.5 Å². The molecule has 0 N–H and O–H groups in total. The summed E-state index contributed by atoms with van der Waals surface area (Å²) in [4.78, 5) is 8.89. The van der Waals surface area contributed by atoms with Gasteiger partial charge in [0.15, 0.2) is 0 Å². The first kappa shape index (κ1) is 3.47. The molecular weight excluding hydrogens is 54.0 g/mol. The number of hydrogen-bond donors (Lipinski definition) is 0. The highest BCUT2D eigenvalue weighted by Gasteiger charge is 1.69. The predicted molar refractivity (Wildman–Crippen MR) is 12.5 cm³/mol. The molecular formula is C2H2NO. The van der Waals surface area contributed by atoms with Crippen molar-refractivity contribution in [3.05, 3.63) is 6.92 Å². The zero-order valence-electron chi connectivity index (χ0n) is 2.06. The van der Waals surface area contributed by atoms with Crippen LogP contribution in [-0.2, 0) is 4.79 Å². The lowest BCUT2D eigenvalue weighted by molar-refractivity contribution is -0.114. The molecule has 0 bridgehead atoms. The molecule has 21 valence electrons. The lowest BCUT2D eigenvalue weighted by Crippen LogP contribution is -1.83. The maximum absolute atomic E-state index is 8.89. The van der Waals surface area contributed by atoms with Crippen molar-refractivity contribution in [1.29, 1.82) is 0 Å². The van der Waals surface area contributed by atoms with Gasteiger partial charge in [-0.05, 0) is 0 Å². The molecule has 0 aromatic carbocycles. The minimum absolute atomic E-state index is 1.08. The number of carbonyl (C=O) groups excluding carboxylic acids is 1. The molecule has 0 rings (SSSR count). The summed E-state index contributed by atoms with van der Waals surface area (Å²) in [6.07, 6.45) is 0. The van der Waals surface area contributed by atoms with Crippen molar-refractivity contribution >= 4 is 5.91 Å². The molecule has 0 aliphatic heterocycles. The molecule has 0 fully saturated rings. The summed E-state index contributed by atoms with van der Waals surface area (Å²) < 4.78 is 0. The molecule has 0 aliphatic rings. The summed E-state index contributed by atoms with van der Waals surface area (Å²) >= 11 is 0. The summed E-state index contributed by atoms with van der Waals surface area (Å²) in [7, 11) is 0. The van der Waals surface area contributed by atoms with E-state index >= 15 is 0 Å². The van der Waals surface area contributed by atoms with E-state index in [9.17, 15) is 0 Å². The molecule has 0 spiro atoms. The molecule has 0 aromatic rings. The number of carbonyl (C=O) groups is 1. The van der Waals surface area contributed by atoms with Crippen LogP contribution in [0.3, 0.4) is 0 Å². The van der Waals surface area contributed by atoms with E-state index in [1.54, 1.807) is 0 Å². The second-order valence-corrected chi connectivity index (χ2v) is 0.394. The maximum atomic E-state index is 8.89. The van der Waals surface area contributed by atoms with Crippen LogP contribution in [0.2, 0.25) is 0 Å². The quantitative estimate of drug-likeness (QED) is 0.366. The Kier molecular flexibility index (Phi) is 0.759. The van der Waals surface area contributed by atoms with E-state index < -0.39 is 5.91 Å². The second-order valence-electron chi connectivity index (χ2n) is 0.394. The Labute approximate surface area is 24.6 Å². The zero-order chi connectivity index (χ0) is 3.58. The van der Waals surface area contributed by atoms with Crippen molar-refractivity contribution in [1.82, 2.24) is 5.73 Å². The molecule has 0 aliphatic carbocycles. The molecule has 0 saturated heterocycles. The smallest absolute Gasteiger partial charge is 0.265 e. The molecule has 4 heavy (non-hydrogen) atoms. The summed E-state index contributed by atoms with van der Waals surface area (Å²) in [6, 6.07) is 0. The van der Waals surface area contributed by atoms with Gasteiger partial charge in [0.1, 0.15) is 0 Å². The molecule has 0 unspecified atom stereocenters. The standard InChI is InChI=1S/C2H2NO/c1-2(3)4/h1H2. The number of nitrogens with zero attached hydrogens (tertiary/aromatic N) is 1. The predicted octanol–water partition coefficient (Wildman–Crippen LogP) is -0.584. The van der Waals surface area contributed by atoms with Crippen LogP contribution in [0.5, 0.6) is 0 Å². The van der Waals surface area contributed by atoms with E-state index in [1.165, 1.54) is 0 Å². The van der Waals surface area contributed by atoms with E-state index in [-0.39, 0.29) is 0 Å². The van der Waals surface area contributed by atoms with Crippen LogP contribution in [0.4, 0.5) is 0 Å². The van der Waals surface area contributed by atoms with Crippen molar-refractivity contribution in [2.45, 2.75) is 0 Å². The van der Waals surface area contributed by atoms with Crippen LogP contribution in [-0.4, -0.2) is 5.91 Å². The molecule has 2 nitrogen and oxygen atoms in total. The molecule has 3 radical (unpaired) electrons. The Bertz CT molecular complexity index is 29.0. The SMILES string of the molecule is [CH2]C([N])=O. The van der Waals surface area contributed by atoms with Crippen LogP contribution in [0.15, 0.2) is 0 Å². The Hall–Kier alpha value is -0.530. The molecule has 0 aromatic heterocycles. The largest absolute Gasteiger partial charge is 0.271 e. The first-order valence-corrected chi connectivity index (χ1v) is 0.781. The van der Waals surface area contributed by atoms with Crippen LogP contribution in [0, 0.1) is 6.92 Å². The van der Waals surface area contributed by atoms with Crippen LogP contribution in [0.25, 0.3) is 0 Å². The van der Waals surface area contributed by atoms with Crippen LogP contribution >= 0.6 is 0 Å². The van der Waals surface area contributed by atoms with E-state index in [0.717, 1.165) is 0 Å². The summed E-state index contributed by atoms with van der Waals surface area (Å²) in [5, 5.41) is 0. The molecule has 2 heteroatoms. The highest BCUT2D eigenvalue weighted by Crippen LogP contribution is 1.37. The van der Waals surface area contributed by atoms with Gasteiger partial charge in [0.2, 0.25) is 0 Å². The van der Waals surface area contributed by atoms with Gasteiger partial charge < -0.3 is 0 Å². The van der Waals surface area contributed by atoms with Crippen LogP contribution < -0.4 is 5.73 Å². The Balaban J connectivity index is 2.80. The molecule has 1 amide bonds. The Morgan fingerprint density at radius 3 is 2.00 bits per heavy atom. The minimum atomic E-state index is -1.08. The van der Waals surface area contributed by atoms with Crippen molar-refractivity contribution in [2.75, 3.05) is 0 Å². The molecule has 0 saturated carbocycles. The van der Waals surface area contributed by atoms with Gasteiger partial charge in [-0.2, -0.15) is 0 Å². The lowest BCUT2D eigenvalue weighted by atomic mass is 10.8. The second kappa shape index (κ2) is 0.875. The number of rotatable bonds is 0. The van der Waals surface area contributed by atoms with Gasteiger partial charge in [0.25, 0.3) is 5.91 Å². The van der Waals surface area contributed by atoms with Gasteiger partial charge in [-0.25, -0.2) is 0 Å². The fraction of sp³-hybridized carbons (Fsp3) is 0. The highest BCUT2D eigenvalue weighted by atomic mass is 16.1. The van der Waals surface area contributed by atoms with Gasteiger partial charge in [-0.15, -0.1) is 5.73 Å². The lowest BCUT2D eigenvalue weighted by Gasteiger charge is -1.50. The topological polar surface area (TPSA) is 39.4 Å². The van der Waals surface area contributed by atoms with Crippen molar-refractivity contribution in [2.24, 2.45) is 0 Å². The third-order valence-electron chi connectivity index (χ3n) is 0. The zero-order valence-corrected chi connectivity index (χ0v) is 2.06. The first-order chi connectivity index (χ1) is 1.73. The van der Waals surface area contributed by atoms with Gasteiger partial charge in [-0.1, -0.05) is 0 Å². The normalized spacial score (nSPS) is 6.25. The number of hydrogen-bond acceptors (Lipinski definition) is 1. The maximum Gasteiger partial charge on any atom is 0.265 e. The Morgan fingerprint density at radius 1 is 2.00 bits per heavy atom. The van der Waals surface area contributed by atoms with E-state index in [1.807, 2.05) is 0 Å². The average Bonchev–Trinajstić information content (AvgIpc) is 0.811. The summed E-state index contributed by atoms with van der Waals surface area (Å²) in [6.45, 7) is 2.56. The molecule has 0 atom stereocenters. The van der Waals surface area contributed by atoms with Gasteiger partial charge in [-0.3, -0.25) is 4.79 Å². The van der Waals surface area contributed by atoms with Crippen LogP contribution in [0.1, 0.15) is 0 Å². The fourth-order valence-electron chi connectivity index (χ4n) is 0. The van der Waals surface area contributed by atoms with E-state index in [2.05, 4.69) is 6.92 Å². The van der Waals surface area contributed by atoms with Crippen molar-refractivity contribution in [3.63, 3.8) is 0 Å². The molecule has 0 heterocycles. The van der Waals surface area contributed by atoms with Crippen molar-refractivity contribution < 1.29 is 4.79 Å². The third kappa shape index (κ3) is 1.16. The third-order valence-corrected chi connectivity index (χ3v) is 0. The number of amides is 1. The average molecular weight is 56.0 g/mol. The summed E-state index contributed by atoms with van der Waals surface area (Å²) in [5.41, 5.74) is 7.31. The van der Waals surface area contributed by atoms with Crippen molar-refractivity contribution in [3.8, 4) is 0 Å². The summed E-state index contributed by atoms with van der Waals surface area (Å²) in [5.74, 6) is -1.08. The van der Waals surface area contributed by atoms with Gasteiger partial charge >= 0.3 is 0 Å². The first-order valence-electron chi connectivity index (χ1n) is 0.781. The van der Waals surface area contributed by atoms with Gasteiger partial charge in [0, 0.05) is 6.92 Å². The Morgan fingerprint density at radius 2 is 2.00 bits per heavy atom. The monoisotopic (exact) mass is 56.0 g/mol. The minimum Gasteiger partial charge on any atom is -0.271 e. The van der Waals surface area contributed by atoms with E-state index in [0.29, 0.717) is 0 Å². The highest BCUT2D eigenvalue weighted by molar-refractivity contribution is 5.77. The van der Waals surface area contributed by atoms with Gasteiger partial charge in [0.05, 0.1) is 0 Å².